The van der Waals surface area contributed by atoms with Crippen LogP contribution in [-0.4, -0.2) is 14.5 Å². The number of aromatic amines is 1. The molecule has 1 aromatic carbocycles. The zero-order valence-electron chi connectivity index (χ0n) is 8.72. The van der Waals surface area contributed by atoms with Crippen molar-refractivity contribution in [2.45, 2.75) is 0 Å². The van der Waals surface area contributed by atoms with Gasteiger partial charge in [0.1, 0.15) is 0 Å². The van der Waals surface area contributed by atoms with Crippen LogP contribution in [0, 0.1) is 0 Å². The maximum atomic E-state index is 11.9. The molecule has 4 nitrogen and oxygen atoms in total. The van der Waals surface area contributed by atoms with E-state index in [-0.39, 0.29) is 5.69 Å². The van der Waals surface area contributed by atoms with E-state index >= 15 is 0 Å². The van der Waals surface area contributed by atoms with Crippen LogP contribution in [0.25, 0.3) is 16.7 Å². The summed E-state index contributed by atoms with van der Waals surface area (Å²) in [5.74, 6) is 0. The zero-order valence-corrected chi connectivity index (χ0v) is 9.48. The molecule has 0 unspecified atom stereocenters. The Morgan fingerprint density at radius 3 is 2.71 bits per heavy atom. The summed E-state index contributed by atoms with van der Waals surface area (Å²) < 4.78 is 1.54. The highest BCUT2D eigenvalue weighted by Gasteiger charge is 2.10. The summed E-state index contributed by atoms with van der Waals surface area (Å²) in [4.78, 5) is 18.6. The van der Waals surface area contributed by atoms with Crippen molar-refractivity contribution in [3.05, 3.63) is 58.2 Å². The van der Waals surface area contributed by atoms with Crippen molar-refractivity contribution in [2.24, 2.45) is 0 Å². The molecule has 2 heterocycles. The van der Waals surface area contributed by atoms with E-state index < -0.39 is 0 Å². The Hall–Kier alpha value is -2.07. The molecule has 0 bridgehead atoms. The molecule has 5 heteroatoms. The van der Waals surface area contributed by atoms with Gasteiger partial charge in [-0.25, -0.2) is 4.79 Å². The highest BCUT2D eigenvalue weighted by molar-refractivity contribution is 6.35. The quantitative estimate of drug-likeness (QED) is 0.716. The lowest BCUT2D eigenvalue weighted by Crippen LogP contribution is -2.14. The van der Waals surface area contributed by atoms with Crippen LogP contribution in [0.3, 0.4) is 0 Å². The Kier molecular flexibility index (Phi) is 2.23. The number of fused-ring (bicyclic) bond motifs is 1. The number of benzene rings is 1. The van der Waals surface area contributed by atoms with E-state index in [1.54, 1.807) is 41.2 Å². The van der Waals surface area contributed by atoms with Crippen LogP contribution in [-0.2, 0) is 0 Å². The van der Waals surface area contributed by atoms with Crippen LogP contribution in [0.4, 0.5) is 0 Å². The zero-order chi connectivity index (χ0) is 11.8. The standard InChI is InChI=1S/C12H8ClN3O/c13-9-2-1-3-10-11(9)16(12(17)15-10)8-4-6-14-7-5-8/h1-7H,(H,15,17). The molecule has 84 valence electrons. The molecule has 0 aliphatic carbocycles. The minimum absolute atomic E-state index is 0.209. The molecule has 0 aliphatic heterocycles. The van der Waals surface area contributed by atoms with E-state index in [1.807, 2.05) is 6.07 Å². The molecule has 2 aromatic heterocycles. The maximum Gasteiger partial charge on any atom is 0.331 e. The summed E-state index contributed by atoms with van der Waals surface area (Å²) in [5.41, 5.74) is 1.94. The van der Waals surface area contributed by atoms with Crippen molar-refractivity contribution >= 4 is 22.6 Å². The first-order chi connectivity index (χ1) is 8.27. The summed E-state index contributed by atoms with van der Waals surface area (Å²) in [7, 11) is 0. The third-order valence-electron chi connectivity index (χ3n) is 2.58. The predicted molar refractivity (Wildman–Crippen MR) is 66.7 cm³/mol. The normalized spacial score (nSPS) is 10.9. The number of hydrogen-bond donors (Lipinski definition) is 1. The predicted octanol–water partition coefficient (Wildman–Crippen LogP) is 2.37. The SMILES string of the molecule is O=c1[nH]c2cccc(Cl)c2n1-c1ccncc1. The first kappa shape index (κ1) is 10.1. The number of rotatable bonds is 1. The van der Waals surface area contributed by atoms with E-state index in [0.717, 1.165) is 11.2 Å². The molecular weight excluding hydrogens is 238 g/mol. The first-order valence-corrected chi connectivity index (χ1v) is 5.45. The third kappa shape index (κ3) is 1.54. The van der Waals surface area contributed by atoms with Crippen molar-refractivity contribution < 1.29 is 0 Å². The van der Waals surface area contributed by atoms with Gasteiger partial charge in [-0.15, -0.1) is 0 Å². The highest BCUT2D eigenvalue weighted by Crippen LogP contribution is 2.23. The highest BCUT2D eigenvalue weighted by atomic mass is 35.5. The van der Waals surface area contributed by atoms with Crippen molar-refractivity contribution in [1.29, 1.82) is 0 Å². The van der Waals surface area contributed by atoms with Crippen molar-refractivity contribution in [1.82, 2.24) is 14.5 Å². The van der Waals surface area contributed by atoms with Gasteiger partial charge in [0.15, 0.2) is 0 Å². The lowest BCUT2D eigenvalue weighted by Gasteiger charge is -2.03. The molecule has 3 aromatic rings. The average Bonchev–Trinajstić information content (AvgIpc) is 2.68. The fourth-order valence-corrected chi connectivity index (χ4v) is 2.11. The monoisotopic (exact) mass is 245 g/mol. The maximum absolute atomic E-state index is 11.9. The van der Waals surface area contributed by atoms with Gasteiger partial charge < -0.3 is 4.98 Å². The van der Waals surface area contributed by atoms with E-state index in [9.17, 15) is 4.79 Å². The lowest BCUT2D eigenvalue weighted by atomic mass is 10.3. The Morgan fingerprint density at radius 1 is 1.18 bits per heavy atom. The summed E-state index contributed by atoms with van der Waals surface area (Å²) >= 11 is 6.13. The summed E-state index contributed by atoms with van der Waals surface area (Å²) in [5, 5.41) is 0.540. The molecule has 0 saturated heterocycles. The Morgan fingerprint density at radius 2 is 1.94 bits per heavy atom. The van der Waals surface area contributed by atoms with Crippen LogP contribution >= 0.6 is 11.6 Å². The molecule has 0 saturated carbocycles. The van der Waals surface area contributed by atoms with Crippen LogP contribution in [0.15, 0.2) is 47.5 Å². The molecule has 1 N–H and O–H groups in total. The number of imidazole rings is 1. The number of aromatic nitrogens is 3. The Bertz CT molecular complexity index is 730. The van der Waals surface area contributed by atoms with Gasteiger partial charge in [0, 0.05) is 12.4 Å². The van der Waals surface area contributed by atoms with Gasteiger partial charge in [0.2, 0.25) is 0 Å². The molecule has 17 heavy (non-hydrogen) atoms. The van der Waals surface area contributed by atoms with Crippen LogP contribution in [0.5, 0.6) is 0 Å². The number of H-pyrrole nitrogens is 1. The third-order valence-corrected chi connectivity index (χ3v) is 2.88. The molecule has 0 radical (unpaired) electrons. The Balaban J connectivity index is 2.45. The van der Waals surface area contributed by atoms with E-state index in [2.05, 4.69) is 9.97 Å². The Labute approximate surface area is 101 Å². The number of para-hydroxylation sites is 1. The van der Waals surface area contributed by atoms with E-state index in [0.29, 0.717) is 10.5 Å². The van der Waals surface area contributed by atoms with Gasteiger partial charge in [0.05, 0.1) is 21.7 Å². The second-order valence-corrected chi connectivity index (χ2v) is 4.01. The molecule has 0 spiro atoms. The van der Waals surface area contributed by atoms with Gasteiger partial charge in [0.25, 0.3) is 0 Å². The van der Waals surface area contributed by atoms with Crippen molar-refractivity contribution in [3.8, 4) is 5.69 Å². The van der Waals surface area contributed by atoms with E-state index in [4.69, 9.17) is 11.6 Å². The molecular formula is C12H8ClN3O. The van der Waals surface area contributed by atoms with Crippen LogP contribution in [0.1, 0.15) is 0 Å². The summed E-state index contributed by atoms with van der Waals surface area (Å²) in [6.45, 7) is 0. The van der Waals surface area contributed by atoms with Gasteiger partial charge in [-0.2, -0.15) is 0 Å². The number of halogens is 1. The van der Waals surface area contributed by atoms with E-state index in [1.165, 1.54) is 0 Å². The molecule has 0 aliphatic rings. The lowest BCUT2D eigenvalue weighted by molar-refractivity contribution is 1.01. The largest absolute Gasteiger partial charge is 0.331 e. The fraction of sp³-hybridized carbons (Fsp3) is 0. The van der Waals surface area contributed by atoms with Crippen LogP contribution in [0.2, 0.25) is 5.02 Å². The number of nitrogens with one attached hydrogen (secondary N) is 1. The fourth-order valence-electron chi connectivity index (χ4n) is 1.86. The smallest absolute Gasteiger partial charge is 0.305 e. The molecule has 0 atom stereocenters. The topological polar surface area (TPSA) is 50.7 Å². The van der Waals surface area contributed by atoms with Gasteiger partial charge in [-0.1, -0.05) is 17.7 Å². The first-order valence-electron chi connectivity index (χ1n) is 5.07. The van der Waals surface area contributed by atoms with Gasteiger partial charge >= 0.3 is 5.69 Å². The van der Waals surface area contributed by atoms with Gasteiger partial charge in [-0.3, -0.25) is 9.55 Å². The molecule has 3 rings (SSSR count). The van der Waals surface area contributed by atoms with Crippen molar-refractivity contribution in [3.63, 3.8) is 0 Å². The number of hydrogen-bond acceptors (Lipinski definition) is 2. The number of nitrogens with zero attached hydrogens (tertiary/aromatic N) is 2. The second kappa shape index (κ2) is 3.75. The summed E-state index contributed by atoms with van der Waals surface area (Å²) in [6, 6.07) is 8.91. The number of pyridine rings is 1. The summed E-state index contributed by atoms with van der Waals surface area (Å²) in [6.07, 6.45) is 3.27. The molecule has 0 amide bonds. The minimum Gasteiger partial charge on any atom is -0.305 e. The van der Waals surface area contributed by atoms with Crippen molar-refractivity contribution in [2.75, 3.05) is 0 Å². The minimum atomic E-state index is -0.209. The second-order valence-electron chi connectivity index (χ2n) is 3.61. The molecule has 0 fully saturated rings. The van der Waals surface area contributed by atoms with Gasteiger partial charge in [-0.05, 0) is 24.3 Å². The average molecular weight is 246 g/mol. The van der Waals surface area contributed by atoms with Crippen LogP contribution < -0.4 is 5.69 Å².